The number of hydrogen-bond donors (Lipinski definition) is 2. The molecule has 1 saturated carbocycles. The SMILES string of the molecule is COc1cc(C2C3=CCC4C(=O)N(c5ccc(C)c(Cl)c5)C(=O)C4C3CC3C(=O)N(Nc4ncc(C(F)(F)F)cc4Cl)C(=O)C32c2ccc(Cl)cc2)cc(Cl)c1O. The summed E-state index contributed by atoms with van der Waals surface area (Å²) in [4.78, 5) is 63.9. The number of phenolic OH excluding ortho intramolecular Hbond substituents is 1. The van der Waals surface area contributed by atoms with Gasteiger partial charge in [-0.15, -0.1) is 0 Å². The number of phenols is 1. The Labute approximate surface area is 343 Å². The predicted molar refractivity (Wildman–Crippen MR) is 205 cm³/mol. The molecule has 3 aromatic carbocycles. The second kappa shape index (κ2) is 13.9. The van der Waals surface area contributed by atoms with Crippen molar-refractivity contribution in [3.63, 3.8) is 0 Å². The number of aromatic nitrogens is 1. The van der Waals surface area contributed by atoms with Gasteiger partial charge in [0.05, 0.1) is 51.6 Å². The molecule has 10 nitrogen and oxygen atoms in total. The van der Waals surface area contributed by atoms with Gasteiger partial charge in [-0.1, -0.05) is 76.3 Å². The number of alkyl halides is 3. The maximum atomic E-state index is 15.4. The molecule has 6 unspecified atom stereocenters. The molecular formula is C40H29Cl4F3N4O6. The maximum absolute atomic E-state index is 15.4. The molecule has 3 heterocycles. The lowest BCUT2D eigenvalue weighted by Crippen LogP contribution is -2.53. The van der Waals surface area contributed by atoms with Crippen LogP contribution in [-0.4, -0.2) is 45.8 Å². The third-order valence-electron chi connectivity index (χ3n) is 11.6. The third kappa shape index (κ3) is 5.95. The summed E-state index contributed by atoms with van der Waals surface area (Å²) in [5.41, 5.74) is 1.88. The number of rotatable bonds is 6. The molecule has 4 aliphatic rings. The number of anilines is 2. The highest BCUT2D eigenvalue weighted by atomic mass is 35.5. The number of nitrogens with one attached hydrogen (secondary N) is 1. The second-order valence-corrected chi connectivity index (χ2v) is 16.1. The number of aryl methyl sites for hydroxylation is 1. The molecule has 0 bridgehead atoms. The van der Waals surface area contributed by atoms with E-state index in [-0.39, 0.29) is 35.1 Å². The molecule has 4 amide bonds. The lowest BCUT2D eigenvalue weighted by atomic mass is 9.49. The van der Waals surface area contributed by atoms with Crippen LogP contribution in [-0.2, 0) is 30.8 Å². The number of ether oxygens (including phenoxy) is 1. The topological polar surface area (TPSA) is 129 Å². The van der Waals surface area contributed by atoms with Gasteiger partial charge in [-0.3, -0.25) is 24.6 Å². The molecule has 2 aliphatic heterocycles. The molecule has 0 spiro atoms. The number of carbonyl (C=O) groups excluding carboxylic acids is 4. The number of pyridine rings is 1. The molecule has 0 radical (unpaired) electrons. The van der Waals surface area contributed by atoms with Crippen LogP contribution in [0.1, 0.15) is 41.0 Å². The van der Waals surface area contributed by atoms with Crippen molar-refractivity contribution in [3.8, 4) is 11.5 Å². The predicted octanol–water partition coefficient (Wildman–Crippen LogP) is 8.93. The summed E-state index contributed by atoms with van der Waals surface area (Å²) in [7, 11) is 1.31. The zero-order chi connectivity index (χ0) is 40.9. The maximum Gasteiger partial charge on any atom is 0.417 e. The number of amides is 4. The Hall–Kier alpha value is -4.82. The molecular weight excluding hydrogens is 831 g/mol. The van der Waals surface area contributed by atoms with E-state index in [4.69, 9.17) is 51.1 Å². The van der Waals surface area contributed by atoms with Gasteiger partial charge in [-0.05, 0) is 84.8 Å². The van der Waals surface area contributed by atoms with Gasteiger partial charge in [0.2, 0.25) is 11.8 Å². The Morgan fingerprint density at radius 2 is 1.61 bits per heavy atom. The molecule has 2 N–H and O–H groups in total. The van der Waals surface area contributed by atoms with Gasteiger partial charge >= 0.3 is 6.18 Å². The van der Waals surface area contributed by atoms with Gasteiger partial charge in [-0.25, -0.2) is 9.88 Å². The number of allylic oxidation sites excluding steroid dienone is 2. The van der Waals surface area contributed by atoms with Crippen LogP contribution >= 0.6 is 46.4 Å². The van der Waals surface area contributed by atoms with Crippen molar-refractivity contribution >= 4 is 81.5 Å². The quantitative estimate of drug-likeness (QED) is 0.145. The van der Waals surface area contributed by atoms with Gasteiger partial charge in [0.25, 0.3) is 11.8 Å². The largest absolute Gasteiger partial charge is 0.503 e. The van der Waals surface area contributed by atoms with Crippen LogP contribution in [0.2, 0.25) is 20.1 Å². The molecule has 294 valence electrons. The van der Waals surface area contributed by atoms with E-state index in [0.29, 0.717) is 44.0 Å². The first-order valence-corrected chi connectivity index (χ1v) is 19.0. The number of halogens is 7. The van der Waals surface area contributed by atoms with Gasteiger partial charge in [-0.2, -0.15) is 18.2 Å². The summed E-state index contributed by atoms with van der Waals surface area (Å²) >= 11 is 25.6. The molecule has 3 fully saturated rings. The first-order chi connectivity index (χ1) is 27.0. The van der Waals surface area contributed by atoms with Crippen LogP contribution in [0.4, 0.5) is 24.7 Å². The van der Waals surface area contributed by atoms with Crippen molar-refractivity contribution in [2.24, 2.45) is 23.7 Å². The normalized spacial score (nSPS) is 25.6. The van der Waals surface area contributed by atoms with E-state index >= 15 is 4.79 Å². The molecule has 8 rings (SSSR count). The summed E-state index contributed by atoms with van der Waals surface area (Å²) < 4.78 is 46.0. The summed E-state index contributed by atoms with van der Waals surface area (Å²) in [6, 6.07) is 14.7. The van der Waals surface area contributed by atoms with E-state index in [0.717, 1.165) is 10.5 Å². The van der Waals surface area contributed by atoms with Crippen LogP contribution in [0.25, 0.3) is 0 Å². The van der Waals surface area contributed by atoms with Crippen LogP contribution < -0.4 is 15.1 Å². The number of hydrazine groups is 1. The summed E-state index contributed by atoms with van der Waals surface area (Å²) in [5, 5.41) is 11.5. The van der Waals surface area contributed by atoms with Gasteiger partial charge in [0.15, 0.2) is 17.3 Å². The minimum absolute atomic E-state index is 0.0428. The monoisotopic (exact) mass is 858 g/mol. The molecule has 1 aromatic heterocycles. The van der Waals surface area contributed by atoms with Crippen LogP contribution in [0.5, 0.6) is 11.5 Å². The number of imide groups is 2. The molecule has 57 heavy (non-hydrogen) atoms. The van der Waals surface area contributed by atoms with Crippen molar-refractivity contribution in [2.45, 2.75) is 37.3 Å². The van der Waals surface area contributed by atoms with E-state index in [1.165, 1.54) is 19.2 Å². The Morgan fingerprint density at radius 3 is 2.26 bits per heavy atom. The van der Waals surface area contributed by atoms with E-state index in [1.54, 1.807) is 49.4 Å². The number of carbonyl (C=O) groups is 4. The lowest BCUT2D eigenvalue weighted by molar-refractivity contribution is -0.139. The highest BCUT2D eigenvalue weighted by molar-refractivity contribution is 6.33. The van der Waals surface area contributed by atoms with Crippen molar-refractivity contribution in [3.05, 3.63) is 121 Å². The summed E-state index contributed by atoms with van der Waals surface area (Å²) in [5.74, 6) is -8.32. The fourth-order valence-electron chi connectivity index (χ4n) is 9.05. The number of fused-ring (bicyclic) bond motifs is 4. The number of benzene rings is 3. The van der Waals surface area contributed by atoms with E-state index in [9.17, 15) is 32.7 Å². The zero-order valence-corrected chi connectivity index (χ0v) is 32.7. The number of hydrogen-bond acceptors (Lipinski definition) is 8. The fraction of sp³-hybridized carbons (Fsp3) is 0.275. The lowest BCUT2D eigenvalue weighted by Gasteiger charge is -2.50. The van der Waals surface area contributed by atoms with Crippen molar-refractivity contribution in [2.75, 3.05) is 17.4 Å². The van der Waals surface area contributed by atoms with E-state index < -0.39 is 81.2 Å². The molecule has 4 aromatic rings. The second-order valence-electron chi connectivity index (χ2n) is 14.4. The highest BCUT2D eigenvalue weighted by Crippen LogP contribution is 2.65. The molecule has 2 saturated heterocycles. The first-order valence-electron chi connectivity index (χ1n) is 17.5. The van der Waals surface area contributed by atoms with Crippen LogP contribution in [0.15, 0.2) is 78.5 Å². The standard InChI is InChI=1S/C40H29Cl4F3N4O6/c1-17-3-8-22(14-27(17)42)50-35(53)24-10-9-23-25(31(24)37(50)55)15-26-36(54)51(49-34-29(44)13-20(16-48-34)40(45,46)47)38(56)39(26,19-4-6-21(41)7-5-19)32(23)18-11-28(43)33(52)30(12-18)57-2/h3-9,11-14,16,24-26,31-32,52H,10,15H2,1-2H3,(H,48,49). The molecule has 2 aliphatic carbocycles. The first kappa shape index (κ1) is 39.0. The van der Waals surface area contributed by atoms with E-state index in [1.807, 2.05) is 6.08 Å². The van der Waals surface area contributed by atoms with Crippen LogP contribution in [0, 0.1) is 30.6 Å². The summed E-state index contributed by atoms with van der Waals surface area (Å²) in [6.45, 7) is 1.79. The van der Waals surface area contributed by atoms with E-state index in [2.05, 4.69) is 10.4 Å². The van der Waals surface area contributed by atoms with Gasteiger partial charge in [0, 0.05) is 22.2 Å². The van der Waals surface area contributed by atoms with Crippen molar-refractivity contribution < 1.29 is 42.2 Å². The number of aromatic hydroxyl groups is 1. The van der Waals surface area contributed by atoms with Crippen LogP contribution in [0.3, 0.4) is 0 Å². The van der Waals surface area contributed by atoms with Crippen molar-refractivity contribution in [1.29, 1.82) is 0 Å². The highest BCUT2D eigenvalue weighted by Gasteiger charge is 2.70. The van der Waals surface area contributed by atoms with Crippen molar-refractivity contribution in [1.82, 2.24) is 9.99 Å². The average Bonchev–Trinajstić information content (AvgIpc) is 3.55. The average molecular weight is 861 g/mol. The Balaban J connectivity index is 1.33. The van der Waals surface area contributed by atoms with Gasteiger partial charge in [0.1, 0.15) is 0 Å². The third-order valence-corrected chi connectivity index (χ3v) is 12.8. The Kier molecular flexibility index (Phi) is 9.54. The molecule has 17 heteroatoms. The number of methoxy groups -OCH3 is 1. The summed E-state index contributed by atoms with van der Waals surface area (Å²) in [6.07, 6.45) is -2.44. The minimum atomic E-state index is -4.77. The smallest absolute Gasteiger partial charge is 0.417 e. The zero-order valence-electron chi connectivity index (χ0n) is 29.7. The number of nitrogens with zero attached hydrogens (tertiary/aromatic N) is 3. The Morgan fingerprint density at radius 1 is 0.895 bits per heavy atom. The molecule has 6 atom stereocenters. The minimum Gasteiger partial charge on any atom is -0.503 e. The fourth-order valence-corrected chi connectivity index (χ4v) is 9.78. The Bertz CT molecular complexity index is 2450. The van der Waals surface area contributed by atoms with Gasteiger partial charge < -0.3 is 9.84 Å².